The number of morpholine rings is 1. The molecule has 1 aliphatic carbocycles. The third kappa shape index (κ3) is 5.08. The van der Waals surface area contributed by atoms with E-state index in [2.05, 4.69) is 20.9 Å². The maximum absolute atomic E-state index is 12.6. The molecule has 1 saturated heterocycles. The number of carbonyl (C=O) groups excluding carboxylic acids is 1. The van der Waals surface area contributed by atoms with Crippen LogP contribution in [0.25, 0.3) is 10.9 Å². The zero-order valence-corrected chi connectivity index (χ0v) is 18.1. The summed E-state index contributed by atoms with van der Waals surface area (Å²) in [6.07, 6.45) is 6.27. The van der Waals surface area contributed by atoms with Gasteiger partial charge in [-0.25, -0.2) is 4.79 Å². The molecule has 30 heavy (non-hydrogen) atoms. The number of H-pyrrole nitrogens is 1. The Morgan fingerprint density at radius 2 is 1.93 bits per heavy atom. The number of aromatic nitrogens is 1. The van der Waals surface area contributed by atoms with Crippen LogP contribution < -0.4 is 9.64 Å². The van der Waals surface area contributed by atoms with Crippen LogP contribution in [0.2, 0.25) is 0 Å². The van der Waals surface area contributed by atoms with Crippen molar-refractivity contribution in [2.24, 2.45) is 0 Å². The van der Waals surface area contributed by atoms with Crippen LogP contribution in [0.15, 0.2) is 18.2 Å². The molecule has 7 nitrogen and oxygen atoms in total. The first kappa shape index (κ1) is 21.0. The number of aromatic amines is 1. The van der Waals surface area contributed by atoms with Crippen LogP contribution in [-0.2, 0) is 9.47 Å². The van der Waals surface area contributed by atoms with Crippen LogP contribution in [0.1, 0.15) is 42.6 Å². The van der Waals surface area contributed by atoms with Crippen LogP contribution in [-0.4, -0.2) is 75.5 Å². The summed E-state index contributed by atoms with van der Waals surface area (Å²) >= 11 is 0. The summed E-state index contributed by atoms with van der Waals surface area (Å²) in [6, 6.07) is 5.95. The number of nitrogens with zero attached hydrogens (tertiary/aromatic N) is 2. The first-order chi connectivity index (χ1) is 14.6. The summed E-state index contributed by atoms with van der Waals surface area (Å²) < 4.78 is 17.1. The molecule has 0 spiro atoms. The van der Waals surface area contributed by atoms with Crippen molar-refractivity contribution >= 4 is 22.6 Å². The van der Waals surface area contributed by atoms with E-state index in [1.165, 1.54) is 19.3 Å². The Labute approximate surface area is 178 Å². The van der Waals surface area contributed by atoms with E-state index in [-0.39, 0.29) is 12.1 Å². The molecule has 1 aromatic carbocycles. The predicted octanol–water partition coefficient (Wildman–Crippen LogP) is 3.43. The summed E-state index contributed by atoms with van der Waals surface area (Å²) in [5, 5.41) is 0.996. The molecule has 7 heteroatoms. The molecule has 2 aromatic rings. The Morgan fingerprint density at radius 1 is 1.17 bits per heavy atom. The molecule has 164 valence electrons. The quantitative estimate of drug-likeness (QED) is 0.699. The van der Waals surface area contributed by atoms with Crippen molar-refractivity contribution in [2.75, 3.05) is 58.5 Å². The van der Waals surface area contributed by atoms with Gasteiger partial charge in [0.1, 0.15) is 18.1 Å². The number of carbonyl (C=O) groups is 1. The smallest absolute Gasteiger partial charge is 0.354 e. The van der Waals surface area contributed by atoms with Gasteiger partial charge >= 0.3 is 5.97 Å². The second-order valence-corrected chi connectivity index (χ2v) is 8.45. The van der Waals surface area contributed by atoms with E-state index in [9.17, 15) is 4.79 Å². The summed E-state index contributed by atoms with van der Waals surface area (Å²) in [7, 11) is 4.01. The fourth-order valence-corrected chi connectivity index (χ4v) is 4.29. The highest BCUT2D eigenvalue weighted by atomic mass is 16.5. The molecular weight excluding hydrogens is 382 g/mol. The lowest BCUT2D eigenvalue weighted by atomic mass is 9.98. The highest BCUT2D eigenvalue weighted by molar-refractivity contribution is 6.00. The van der Waals surface area contributed by atoms with E-state index in [0.717, 1.165) is 68.0 Å². The normalized spacial score (nSPS) is 18.5. The van der Waals surface area contributed by atoms with E-state index in [0.29, 0.717) is 12.3 Å². The SMILES string of the molecule is CN(C)c1cc(OC2CCCCC2)cc2[nH]c(C(=O)OCCN3CCOCC3)cc12. The lowest BCUT2D eigenvalue weighted by Crippen LogP contribution is -2.38. The molecule has 1 aromatic heterocycles. The third-order valence-corrected chi connectivity index (χ3v) is 5.99. The van der Waals surface area contributed by atoms with Crippen molar-refractivity contribution in [3.63, 3.8) is 0 Å². The molecule has 4 rings (SSSR count). The Morgan fingerprint density at radius 3 is 2.67 bits per heavy atom. The topological polar surface area (TPSA) is 67.0 Å². The average Bonchev–Trinajstić information content (AvgIpc) is 3.19. The van der Waals surface area contributed by atoms with Crippen LogP contribution in [0.5, 0.6) is 5.75 Å². The van der Waals surface area contributed by atoms with E-state index < -0.39 is 0 Å². The van der Waals surface area contributed by atoms with Crippen molar-refractivity contribution in [3.05, 3.63) is 23.9 Å². The number of nitrogens with one attached hydrogen (secondary N) is 1. The number of benzene rings is 1. The number of hydrogen-bond donors (Lipinski definition) is 1. The van der Waals surface area contributed by atoms with E-state index in [1.54, 1.807) is 0 Å². The lowest BCUT2D eigenvalue weighted by molar-refractivity contribution is 0.0193. The van der Waals surface area contributed by atoms with Gasteiger partial charge in [-0.2, -0.15) is 0 Å². The number of hydrogen-bond acceptors (Lipinski definition) is 6. The largest absolute Gasteiger partial charge is 0.490 e. The molecule has 1 N–H and O–H groups in total. The van der Waals surface area contributed by atoms with Gasteiger partial charge in [0.05, 0.1) is 24.8 Å². The summed E-state index contributed by atoms with van der Waals surface area (Å²) in [5.74, 6) is 0.533. The molecule has 0 atom stereocenters. The Hall–Kier alpha value is -2.25. The van der Waals surface area contributed by atoms with Crippen LogP contribution in [0.3, 0.4) is 0 Å². The molecule has 0 radical (unpaired) electrons. The predicted molar refractivity (Wildman–Crippen MR) is 118 cm³/mol. The second kappa shape index (κ2) is 9.71. The monoisotopic (exact) mass is 415 g/mol. The van der Waals surface area contributed by atoms with Gasteiger partial charge in [-0.1, -0.05) is 6.42 Å². The highest BCUT2D eigenvalue weighted by Gasteiger charge is 2.19. The summed E-state index contributed by atoms with van der Waals surface area (Å²) in [4.78, 5) is 20.1. The number of esters is 1. The van der Waals surface area contributed by atoms with Gasteiger partial charge in [0, 0.05) is 56.9 Å². The van der Waals surface area contributed by atoms with Crippen LogP contribution >= 0.6 is 0 Å². The first-order valence-corrected chi connectivity index (χ1v) is 11.1. The maximum Gasteiger partial charge on any atom is 0.354 e. The van der Waals surface area contributed by atoms with Crippen molar-refractivity contribution in [2.45, 2.75) is 38.2 Å². The van der Waals surface area contributed by atoms with Crippen molar-refractivity contribution < 1.29 is 19.0 Å². The Kier molecular flexibility index (Phi) is 6.79. The molecule has 2 heterocycles. The van der Waals surface area contributed by atoms with E-state index >= 15 is 0 Å². The number of ether oxygens (including phenoxy) is 3. The molecule has 0 bridgehead atoms. The van der Waals surface area contributed by atoms with Gasteiger partial charge in [0.15, 0.2) is 0 Å². The second-order valence-electron chi connectivity index (χ2n) is 8.45. The first-order valence-electron chi connectivity index (χ1n) is 11.1. The fraction of sp³-hybridized carbons (Fsp3) is 0.609. The van der Waals surface area contributed by atoms with Crippen molar-refractivity contribution in [1.82, 2.24) is 9.88 Å². The minimum absolute atomic E-state index is 0.283. The standard InChI is InChI=1S/C23H33N3O4/c1-25(2)22-15-18(30-17-6-4-3-5-7-17)14-20-19(22)16-21(24-20)23(27)29-13-10-26-8-11-28-12-9-26/h14-17,24H,3-13H2,1-2H3. The third-order valence-electron chi connectivity index (χ3n) is 5.99. The Bertz CT molecular complexity index is 851. The van der Waals surface area contributed by atoms with E-state index in [1.807, 2.05) is 26.2 Å². The molecular formula is C23H33N3O4. The summed E-state index contributed by atoms with van der Waals surface area (Å²) in [6.45, 7) is 4.38. The number of fused-ring (bicyclic) bond motifs is 1. The number of rotatable bonds is 7. The fourth-order valence-electron chi connectivity index (χ4n) is 4.29. The molecule has 0 amide bonds. The van der Waals surface area contributed by atoms with E-state index in [4.69, 9.17) is 14.2 Å². The maximum atomic E-state index is 12.6. The zero-order valence-electron chi connectivity index (χ0n) is 18.1. The lowest BCUT2D eigenvalue weighted by Gasteiger charge is -2.26. The molecule has 0 unspecified atom stereocenters. The van der Waals surface area contributed by atoms with Crippen molar-refractivity contribution in [3.8, 4) is 5.75 Å². The minimum atomic E-state index is -0.320. The van der Waals surface area contributed by atoms with Crippen molar-refractivity contribution in [1.29, 1.82) is 0 Å². The Balaban J connectivity index is 1.45. The van der Waals surface area contributed by atoms with Crippen LogP contribution in [0.4, 0.5) is 5.69 Å². The molecule has 2 fully saturated rings. The zero-order chi connectivity index (χ0) is 20.9. The van der Waals surface area contributed by atoms with Gasteiger partial charge < -0.3 is 24.1 Å². The molecule has 1 aliphatic heterocycles. The van der Waals surface area contributed by atoms with Crippen LogP contribution in [0, 0.1) is 0 Å². The van der Waals surface area contributed by atoms with Gasteiger partial charge in [0.25, 0.3) is 0 Å². The van der Waals surface area contributed by atoms with Gasteiger partial charge in [-0.3, -0.25) is 4.90 Å². The summed E-state index contributed by atoms with van der Waals surface area (Å²) in [5.41, 5.74) is 2.40. The minimum Gasteiger partial charge on any atom is -0.490 e. The number of anilines is 1. The van der Waals surface area contributed by atoms with Gasteiger partial charge in [0.2, 0.25) is 0 Å². The highest BCUT2D eigenvalue weighted by Crippen LogP contribution is 2.33. The molecule has 2 aliphatic rings. The van der Waals surface area contributed by atoms with Gasteiger partial charge in [-0.15, -0.1) is 0 Å². The average molecular weight is 416 g/mol. The molecule has 1 saturated carbocycles. The van der Waals surface area contributed by atoms with Gasteiger partial charge in [-0.05, 0) is 31.7 Å².